The number of aryl methyl sites for hydroxylation is 1. The second-order valence-electron chi connectivity index (χ2n) is 10.4. The second kappa shape index (κ2) is 10.5. The summed E-state index contributed by atoms with van der Waals surface area (Å²) < 4.78 is 36.7. The smallest absolute Gasteiger partial charge is 0.239 e. The van der Waals surface area contributed by atoms with E-state index >= 15 is 0 Å². The van der Waals surface area contributed by atoms with E-state index in [2.05, 4.69) is 15.0 Å². The zero-order chi connectivity index (χ0) is 25.2. The highest BCUT2D eigenvalue weighted by molar-refractivity contribution is 7.93. The lowest BCUT2D eigenvalue weighted by Gasteiger charge is -2.39. The summed E-state index contributed by atoms with van der Waals surface area (Å²) in [7, 11) is -3.92. The molecule has 0 bridgehead atoms. The molecule has 0 atom stereocenters. The maximum Gasteiger partial charge on any atom is 0.239 e. The Bertz CT molecular complexity index is 1150. The van der Waals surface area contributed by atoms with Gasteiger partial charge in [-0.3, -0.25) is 4.79 Å². The molecule has 5 rings (SSSR count). The molecule has 3 fully saturated rings. The molecule has 3 aliphatic rings. The molecular formula is C26H36N4O5S. The molecule has 196 valence electrons. The zero-order valence-corrected chi connectivity index (χ0v) is 21.5. The number of primary amides is 1. The van der Waals surface area contributed by atoms with Gasteiger partial charge in [0, 0.05) is 31.5 Å². The van der Waals surface area contributed by atoms with Crippen LogP contribution in [0.5, 0.6) is 5.75 Å². The van der Waals surface area contributed by atoms with Crippen molar-refractivity contribution in [2.24, 2.45) is 5.73 Å². The Balaban J connectivity index is 1.14. The van der Waals surface area contributed by atoms with Crippen LogP contribution in [0.1, 0.15) is 81.8 Å². The van der Waals surface area contributed by atoms with Crippen molar-refractivity contribution in [3.05, 3.63) is 36.0 Å². The third kappa shape index (κ3) is 5.16. The van der Waals surface area contributed by atoms with Crippen molar-refractivity contribution in [2.45, 2.75) is 92.2 Å². The first kappa shape index (κ1) is 25.2. The summed E-state index contributed by atoms with van der Waals surface area (Å²) in [6.45, 7) is 1.60. The molecule has 0 unspecified atom stereocenters. The molecule has 1 amide bonds. The second-order valence-corrected chi connectivity index (χ2v) is 12.7. The number of nitrogens with zero attached hydrogens (tertiary/aromatic N) is 3. The van der Waals surface area contributed by atoms with Gasteiger partial charge in [-0.15, -0.1) is 0 Å². The average Bonchev–Trinajstić information content (AvgIpc) is 3.65. The van der Waals surface area contributed by atoms with Gasteiger partial charge < -0.3 is 19.9 Å². The van der Waals surface area contributed by atoms with Crippen LogP contribution < -0.4 is 10.5 Å². The van der Waals surface area contributed by atoms with Crippen molar-refractivity contribution in [1.29, 1.82) is 0 Å². The molecule has 0 spiro atoms. The van der Waals surface area contributed by atoms with Crippen LogP contribution in [0, 0.1) is 0 Å². The number of nitrogens with two attached hydrogens (primary N) is 1. The molecule has 2 saturated carbocycles. The Kier molecular flexibility index (Phi) is 7.35. The predicted octanol–water partition coefficient (Wildman–Crippen LogP) is 3.38. The number of carbonyl (C=O) groups excluding carboxylic acids is 1. The molecule has 2 aliphatic carbocycles. The molecule has 2 heterocycles. The van der Waals surface area contributed by atoms with E-state index in [1.165, 1.54) is 31.4 Å². The van der Waals surface area contributed by atoms with Crippen molar-refractivity contribution < 1.29 is 22.5 Å². The molecule has 1 saturated heterocycles. The third-order valence-corrected chi connectivity index (χ3v) is 10.6. The number of hydrogen-bond donors (Lipinski definition) is 1. The third-order valence-electron chi connectivity index (χ3n) is 8.02. The maximum absolute atomic E-state index is 13.5. The summed E-state index contributed by atoms with van der Waals surface area (Å²) in [5, 5.41) is 4.16. The van der Waals surface area contributed by atoms with Crippen LogP contribution in [0.15, 0.2) is 33.7 Å². The highest BCUT2D eigenvalue weighted by atomic mass is 32.2. The van der Waals surface area contributed by atoms with Crippen LogP contribution in [-0.4, -0.2) is 59.9 Å². The van der Waals surface area contributed by atoms with Gasteiger partial charge in [0.1, 0.15) is 5.75 Å². The molecular weight excluding hydrogens is 480 g/mol. The SMILES string of the molecule is NC(=O)C1(S(=O)(=O)c2ccc(OCCCc3nc(C4CCCCC4)no3)cc2)CCN(C2CC2)CC1. The van der Waals surface area contributed by atoms with Gasteiger partial charge in [-0.1, -0.05) is 24.4 Å². The number of rotatable bonds is 10. The van der Waals surface area contributed by atoms with E-state index < -0.39 is 20.5 Å². The van der Waals surface area contributed by atoms with Crippen LogP contribution in [0.4, 0.5) is 0 Å². The van der Waals surface area contributed by atoms with Gasteiger partial charge in [0.25, 0.3) is 0 Å². The van der Waals surface area contributed by atoms with Gasteiger partial charge in [-0.2, -0.15) is 4.98 Å². The van der Waals surface area contributed by atoms with Crippen molar-refractivity contribution in [3.63, 3.8) is 0 Å². The minimum atomic E-state index is -3.92. The van der Waals surface area contributed by atoms with Crippen molar-refractivity contribution in [1.82, 2.24) is 15.0 Å². The topological polar surface area (TPSA) is 129 Å². The quantitative estimate of drug-likeness (QED) is 0.476. The number of hydrogen-bond acceptors (Lipinski definition) is 8. The number of carbonyl (C=O) groups is 1. The van der Waals surface area contributed by atoms with E-state index in [9.17, 15) is 13.2 Å². The Morgan fingerprint density at radius 1 is 1.08 bits per heavy atom. The summed E-state index contributed by atoms with van der Waals surface area (Å²) in [6.07, 6.45) is 10.1. The van der Waals surface area contributed by atoms with Crippen LogP contribution in [0.25, 0.3) is 0 Å². The van der Waals surface area contributed by atoms with E-state index in [4.69, 9.17) is 15.0 Å². The Labute approximate surface area is 212 Å². The molecule has 9 nitrogen and oxygen atoms in total. The molecule has 0 radical (unpaired) electrons. The lowest BCUT2D eigenvalue weighted by atomic mass is 9.89. The van der Waals surface area contributed by atoms with Crippen LogP contribution in [-0.2, 0) is 21.1 Å². The lowest BCUT2D eigenvalue weighted by molar-refractivity contribution is -0.121. The fourth-order valence-electron chi connectivity index (χ4n) is 5.59. The van der Waals surface area contributed by atoms with Gasteiger partial charge in [0.05, 0.1) is 11.5 Å². The van der Waals surface area contributed by atoms with E-state index in [1.807, 2.05) is 0 Å². The molecule has 1 aromatic carbocycles. The first-order valence-corrected chi connectivity index (χ1v) is 14.7. The monoisotopic (exact) mass is 516 g/mol. The van der Waals surface area contributed by atoms with Gasteiger partial charge in [-0.25, -0.2) is 8.42 Å². The summed E-state index contributed by atoms with van der Waals surface area (Å²) >= 11 is 0. The number of aromatic nitrogens is 2. The van der Waals surface area contributed by atoms with Gasteiger partial charge >= 0.3 is 0 Å². The lowest BCUT2D eigenvalue weighted by Crippen LogP contribution is -2.57. The normalized spacial score (nSPS) is 21.3. The average molecular weight is 517 g/mol. The summed E-state index contributed by atoms with van der Waals surface area (Å²) in [4.78, 5) is 19.4. The first-order chi connectivity index (χ1) is 17.4. The van der Waals surface area contributed by atoms with Crippen LogP contribution >= 0.6 is 0 Å². The molecule has 1 aromatic heterocycles. The van der Waals surface area contributed by atoms with Crippen molar-refractivity contribution in [2.75, 3.05) is 19.7 Å². The summed E-state index contributed by atoms with van der Waals surface area (Å²) in [6, 6.07) is 6.83. The summed E-state index contributed by atoms with van der Waals surface area (Å²) in [5.74, 6) is 1.69. The van der Waals surface area contributed by atoms with Crippen LogP contribution in [0.2, 0.25) is 0 Å². The minimum absolute atomic E-state index is 0.106. The Morgan fingerprint density at radius 3 is 2.42 bits per heavy atom. The zero-order valence-electron chi connectivity index (χ0n) is 20.7. The molecule has 10 heteroatoms. The first-order valence-electron chi connectivity index (χ1n) is 13.2. The fourth-order valence-corrected chi connectivity index (χ4v) is 7.52. The standard InChI is InChI=1S/C26H36N4O5S/c27-25(31)26(14-16-30(17-15-26)20-8-9-20)36(32,33)22-12-10-21(11-13-22)34-18-4-7-23-28-24(29-35-23)19-5-2-1-3-6-19/h10-13,19-20H,1-9,14-18H2,(H2,27,31). The van der Waals surface area contributed by atoms with E-state index in [1.54, 1.807) is 12.1 Å². The highest BCUT2D eigenvalue weighted by Gasteiger charge is 2.52. The van der Waals surface area contributed by atoms with Gasteiger partial charge in [0.2, 0.25) is 11.8 Å². The van der Waals surface area contributed by atoms with Gasteiger partial charge in [-0.05, 0) is 69.2 Å². The largest absolute Gasteiger partial charge is 0.494 e. The number of amides is 1. The molecule has 36 heavy (non-hydrogen) atoms. The van der Waals surface area contributed by atoms with Crippen molar-refractivity contribution in [3.8, 4) is 5.75 Å². The van der Waals surface area contributed by atoms with Crippen molar-refractivity contribution >= 4 is 15.7 Å². The molecule has 1 aliphatic heterocycles. The Morgan fingerprint density at radius 2 is 1.78 bits per heavy atom. The molecule has 2 aromatic rings. The van der Waals surface area contributed by atoms with Crippen LogP contribution in [0.3, 0.4) is 0 Å². The molecule has 2 N–H and O–H groups in total. The van der Waals surface area contributed by atoms with E-state index in [0.717, 1.165) is 31.5 Å². The number of sulfone groups is 1. The fraction of sp³-hybridized carbons (Fsp3) is 0.654. The predicted molar refractivity (Wildman–Crippen MR) is 133 cm³/mol. The number of benzene rings is 1. The number of piperidine rings is 1. The highest BCUT2D eigenvalue weighted by Crippen LogP contribution is 2.39. The van der Waals surface area contributed by atoms with E-state index in [0.29, 0.717) is 56.1 Å². The number of ether oxygens (including phenoxy) is 1. The minimum Gasteiger partial charge on any atom is -0.494 e. The number of likely N-dealkylation sites (tertiary alicyclic amines) is 1. The van der Waals surface area contributed by atoms with E-state index in [-0.39, 0.29) is 17.7 Å². The maximum atomic E-state index is 13.5. The van der Waals surface area contributed by atoms with Gasteiger partial charge in [0.15, 0.2) is 20.4 Å². The summed E-state index contributed by atoms with van der Waals surface area (Å²) in [5.41, 5.74) is 5.69. The Hall–Kier alpha value is -2.46.